The van der Waals surface area contributed by atoms with Gasteiger partial charge in [-0.1, -0.05) is 18.2 Å². The van der Waals surface area contributed by atoms with Crippen LogP contribution in [-0.2, 0) is 11.3 Å². The predicted octanol–water partition coefficient (Wildman–Crippen LogP) is 4.74. The molecule has 0 saturated heterocycles. The van der Waals surface area contributed by atoms with Crippen LogP contribution >= 0.6 is 34.3 Å². The molecule has 0 aliphatic carbocycles. The molecule has 0 N–H and O–H groups in total. The summed E-state index contributed by atoms with van der Waals surface area (Å²) >= 11 is 9.59. The third kappa shape index (κ3) is 2.68. The minimum absolute atomic E-state index is 0.0141. The summed E-state index contributed by atoms with van der Waals surface area (Å²) in [5.74, 6) is 0.200. The van der Waals surface area contributed by atoms with Gasteiger partial charge in [0.15, 0.2) is 0 Å². The Hall–Kier alpha value is -1.10. The SMILES string of the molecule is C=CC(=O)N1Cc2sc(Cl)cc2[C@@H](c2cc(C)sc2C)C1. The van der Waals surface area contributed by atoms with Crippen LogP contribution in [0.3, 0.4) is 0 Å². The molecule has 5 heteroatoms. The first-order chi connectivity index (χ1) is 9.99. The lowest BCUT2D eigenvalue weighted by atomic mass is 9.88. The van der Waals surface area contributed by atoms with Gasteiger partial charge in [0, 0.05) is 27.1 Å². The van der Waals surface area contributed by atoms with Gasteiger partial charge >= 0.3 is 0 Å². The van der Waals surface area contributed by atoms with Gasteiger partial charge in [-0.25, -0.2) is 0 Å². The van der Waals surface area contributed by atoms with Crippen molar-refractivity contribution in [2.45, 2.75) is 26.3 Å². The number of halogens is 1. The summed E-state index contributed by atoms with van der Waals surface area (Å²) in [5.41, 5.74) is 2.59. The summed E-state index contributed by atoms with van der Waals surface area (Å²) in [6, 6.07) is 4.30. The highest BCUT2D eigenvalue weighted by molar-refractivity contribution is 7.16. The third-order valence-electron chi connectivity index (χ3n) is 3.87. The van der Waals surface area contributed by atoms with Crippen LogP contribution in [0.25, 0.3) is 0 Å². The van der Waals surface area contributed by atoms with E-state index in [0.717, 1.165) is 4.34 Å². The predicted molar refractivity (Wildman–Crippen MR) is 90.6 cm³/mol. The van der Waals surface area contributed by atoms with E-state index in [2.05, 4.69) is 32.6 Å². The van der Waals surface area contributed by atoms with Gasteiger partial charge in [-0.05, 0) is 43.2 Å². The number of hydrogen-bond acceptors (Lipinski definition) is 3. The van der Waals surface area contributed by atoms with Crippen molar-refractivity contribution < 1.29 is 4.79 Å². The highest BCUT2D eigenvalue weighted by atomic mass is 35.5. The Labute approximate surface area is 137 Å². The van der Waals surface area contributed by atoms with E-state index in [1.165, 1.54) is 31.8 Å². The Morgan fingerprint density at radius 2 is 2.14 bits per heavy atom. The van der Waals surface area contributed by atoms with Gasteiger partial charge < -0.3 is 4.90 Å². The summed E-state index contributed by atoms with van der Waals surface area (Å²) in [4.78, 5) is 17.7. The van der Waals surface area contributed by atoms with Gasteiger partial charge in [0.2, 0.25) is 5.91 Å². The van der Waals surface area contributed by atoms with Crippen LogP contribution in [0.4, 0.5) is 0 Å². The van der Waals surface area contributed by atoms with Gasteiger partial charge in [-0.3, -0.25) is 4.79 Å². The van der Waals surface area contributed by atoms with Crippen LogP contribution in [0.5, 0.6) is 0 Å². The second-order valence-electron chi connectivity index (χ2n) is 5.27. The molecule has 0 unspecified atom stereocenters. The largest absolute Gasteiger partial charge is 0.333 e. The molecule has 1 atom stereocenters. The molecule has 2 nitrogen and oxygen atoms in total. The fraction of sp³-hybridized carbons (Fsp3) is 0.312. The molecule has 2 aromatic heterocycles. The third-order valence-corrected chi connectivity index (χ3v) is 6.11. The van der Waals surface area contributed by atoms with E-state index in [1.54, 1.807) is 22.7 Å². The zero-order valence-electron chi connectivity index (χ0n) is 12.0. The molecule has 3 heterocycles. The second kappa shape index (κ2) is 5.59. The normalized spacial score (nSPS) is 17.7. The van der Waals surface area contributed by atoms with E-state index < -0.39 is 0 Å². The molecule has 21 heavy (non-hydrogen) atoms. The molecule has 1 aliphatic rings. The number of fused-ring (bicyclic) bond motifs is 1. The van der Waals surface area contributed by atoms with Crippen LogP contribution < -0.4 is 0 Å². The number of thiophene rings is 2. The Morgan fingerprint density at radius 1 is 1.38 bits per heavy atom. The monoisotopic (exact) mass is 337 g/mol. The van der Waals surface area contributed by atoms with E-state index >= 15 is 0 Å². The molecule has 3 rings (SSSR count). The van der Waals surface area contributed by atoms with Crippen molar-refractivity contribution in [2.24, 2.45) is 0 Å². The fourth-order valence-corrected chi connectivity index (χ4v) is 5.29. The summed E-state index contributed by atoms with van der Waals surface area (Å²) < 4.78 is 0.794. The smallest absolute Gasteiger partial charge is 0.246 e. The number of carbonyl (C=O) groups is 1. The second-order valence-corrected chi connectivity index (χ2v) is 8.50. The molecule has 0 bridgehead atoms. The highest BCUT2D eigenvalue weighted by Crippen LogP contribution is 2.42. The van der Waals surface area contributed by atoms with Crippen LogP contribution in [-0.4, -0.2) is 17.4 Å². The van der Waals surface area contributed by atoms with Crippen molar-refractivity contribution in [1.82, 2.24) is 4.90 Å². The average Bonchev–Trinajstić information content (AvgIpc) is 2.97. The molecule has 1 aliphatic heterocycles. The maximum Gasteiger partial charge on any atom is 0.246 e. The zero-order chi connectivity index (χ0) is 15.1. The number of carbonyl (C=O) groups excluding carboxylic acids is 1. The molecule has 110 valence electrons. The van der Waals surface area contributed by atoms with E-state index in [9.17, 15) is 4.79 Å². The minimum atomic E-state index is -0.0141. The topological polar surface area (TPSA) is 20.3 Å². The number of rotatable bonds is 2. The van der Waals surface area contributed by atoms with Crippen molar-refractivity contribution in [3.63, 3.8) is 0 Å². The molecular weight excluding hydrogens is 322 g/mol. The minimum Gasteiger partial charge on any atom is -0.333 e. The van der Waals surface area contributed by atoms with Gasteiger partial charge in [-0.2, -0.15) is 0 Å². The maximum absolute atomic E-state index is 12.0. The number of hydrogen-bond donors (Lipinski definition) is 0. The Morgan fingerprint density at radius 3 is 2.76 bits per heavy atom. The maximum atomic E-state index is 12.0. The molecule has 0 spiro atoms. The number of amides is 1. The number of aryl methyl sites for hydroxylation is 2. The standard InChI is InChI=1S/C16H16ClNOS2/c1-4-16(19)18-7-13(11-5-9(2)20-10(11)3)12-6-15(17)21-14(12)8-18/h4-6,13H,1,7-8H2,2-3H3/t13-/m1/s1. The summed E-state index contributed by atoms with van der Waals surface area (Å²) in [5, 5.41) is 0. The molecule has 2 aromatic rings. The highest BCUT2D eigenvalue weighted by Gasteiger charge is 2.31. The Kier molecular flexibility index (Phi) is 3.95. The van der Waals surface area contributed by atoms with E-state index in [1.807, 2.05) is 4.90 Å². The molecule has 0 fully saturated rings. The first-order valence-electron chi connectivity index (χ1n) is 6.76. The molecule has 0 aromatic carbocycles. The molecule has 1 amide bonds. The summed E-state index contributed by atoms with van der Waals surface area (Å²) in [6.45, 7) is 9.21. The van der Waals surface area contributed by atoms with Crippen LogP contribution in [0.15, 0.2) is 24.8 Å². The molecular formula is C16H16ClNOS2. The average molecular weight is 338 g/mol. The van der Waals surface area contributed by atoms with Crippen LogP contribution in [0.1, 0.15) is 31.7 Å². The van der Waals surface area contributed by atoms with Crippen LogP contribution in [0.2, 0.25) is 4.34 Å². The summed E-state index contributed by atoms with van der Waals surface area (Å²) in [6.07, 6.45) is 1.39. The van der Waals surface area contributed by atoms with Gasteiger partial charge in [0.1, 0.15) is 0 Å². The Balaban J connectivity index is 2.07. The van der Waals surface area contributed by atoms with Crippen molar-refractivity contribution >= 4 is 40.2 Å². The molecule has 0 radical (unpaired) electrons. The van der Waals surface area contributed by atoms with Gasteiger partial charge in [0.05, 0.1) is 10.9 Å². The summed E-state index contributed by atoms with van der Waals surface area (Å²) in [7, 11) is 0. The number of nitrogens with zero attached hydrogens (tertiary/aromatic N) is 1. The lowest BCUT2D eigenvalue weighted by Crippen LogP contribution is -2.36. The van der Waals surface area contributed by atoms with Gasteiger partial charge in [0.25, 0.3) is 0 Å². The van der Waals surface area contributed by atoms with Crippen molar-refractivity contribution in [3.8, 4) is 0 Å². The van der Waals surface area contributed by atoms with E-state index in [0.29, 0.717) is 13.1 Å². The molecule has 0 saturated carbocycles. The van der Waals surface area contributed by atoms with Gasteiger partial charge in [-0.15, -0.1) is 22.7 Å². The van der Waals surface area contributed by atoms with Crippen molar-refractivity contribution in [3.05, 3.63) is 54.9 Å². The van der Waals surface area contributed by atoms with E-state index in [-0.39, 0.29) is 11.8 Å². The first kappa shape index (κ1) is 14.8. The lowest BCUT2D eigenvalue weighted by Gasteiger charge is -2.32. The van der Waals surface area contributed by atoms with E-state index in [4.69, 9.17) is 11.6 Å². The quantitative estimate of drug-likeness (QED) is 0.725. The van der Waals surface area contributed by atoms with Crippen LogP contribution in [0, 0.1) is 13.8 Å². The fourth-order valence-electron chi connectivity index (χ4n) is 2.94. The van der Waals surface area contributed by atoms with Crippen molar-refractivity contribution in [1.29, 1.82) is 0 Å². The first-order valence-corrected chi connectivity index (χ1v) is 8.77. The zero-order valence-corrected chi connectivity index (χ0v) is 14.4. The lowest BCUT2D eigenvalue weighted by molar-refractivity contribution is -0.127. The Bertz CT molecular complexity index is 716. The van der Waals surface area contributed by atoms with Crippen molar-refractivity contribution in [2.75, 3.05) is 6.54 Å².